The standard InChI is InChI=1S/C14H7N2O2/c1-2-6-11-10(5-1)16-14(18-11)9-4-3-7-12-13(9)15-8-17-12/h1-3,5-8H. The van der Waals surface area contributed by atoms with Crippen molar-refractivity contribution in [3.05, 3.63) is 48.9 Å². The maximum Gasteiger partial charge on any atom is 0.230 e. The predicted octanol–water partition coefficient (Wildman–Crippen LogP) is 3.44. The van der Waals surface area contributed by atoms with Gasteiger partial charge in [-0.3, -0.25) is 0 Å². The molecule has 4 heteroatoms. The Morgan fingerprint density at radius 2 is 2.00 bits per heavy atom. The Morgan fingerprint density at radius 1 is 1.06 bits per heavy atom. The molecule has 0 fully saturated rings. The Bertz CT molecular complexity index is 812. The third kappa shape index (κ3) is 1.26. The molecule has 4 rings (SSSR count). The van der Waals surface area contributed by atoms with E-state index >= 15 is 0 Å². The van der Waals surface area contributed by atoms with Gasteiger partial charge in [0.15, 0.2) is 17.6 Å². The van der Waals surface area contributed by atoms with Gasteiger partial charge in [-0.05, 0) is 30.3 Å². The van der Waals surface area contributed by atoms with Gasteiger partial charge in [0.2, 0.25) is 5.89 Å². The molecular weight excluding hydrogens is 228 g/mol. The minimum absolute atomic E-state index is 0.510. The molecule has 0 unspecified atom stereocenters. The summed E-state index contributed by atoms with van der Waals surface area (Å²) in [6, 6.07) is 14.3. The van der Waals surface area contributed by atoms with Gasteiger partial charge in [0.1, 0.15) is 11.0 Å². The maximum atomic E-state index is 5.71. The number of oxazole rings is 2. The van der Waals surface area contributed by atoms with Crippen LogP contribution in [0.15, 0.2) is 51.6 Å². The van der Waals surface area contributed by atoms with E-state index in [4.69, 9.17) is 8.83 Å². The van der Waals surface area contributed by atoms with Crippen LogP contribution in [0.2, 0.25) is 0 Å². The number of hydrogen-bond donors (Lipinski definition) is 0. The van der Waals surface area contributed by atoms with Crippen molar-refractivity contribution in [1.29, 1.82) is 0 Å². The van der Waals surface area contributed by atoms with E-state index < -0.39 is 0 Å². The highest BCUT2D eigenvalue weighted by Crippen LogP contribution is 2.28. The molecule has 0 aliphatic carbocycles. The highest BCUT2D eigenvalue weighted by atomic mass is 16.3. The van der Waals surface area contributed by atoms with Crippen LogP contribution >= 0.6 is 0 Å². The zero-order valence-corrected chi connectivity index (χ0v) is 9.25. The molecule has 2 aromatic carbocycles. The van der Waals surface area contributed by atoms with E-state index in [0.29, 0.717) is 17.0 Å². The molecule has 4 nitrogen and oxygen atoms in total. The van der Waals surface area contributed by atoms with Gasteiger partial charge in [-0.2, -0.15) is 0 Å². The molecule has 0 saturated heterocycles. The van der Waals surface area contributed by atoms with Crippen molar-refractivity contribution in [2.45, 2.75) is 0 Å². The van der Waals surface area contributed by atoms with Gasteiger partial charge < -0.3 is 8.83 Å². The van der Waals surface area contributed by atoms with Gasteiger partial charge in [-0.25, -0.2) is 9.97 Å². The van der Waals surface area contributed by atoms with E-state index in [2.05, 4.69) is 16.0 Å². The molecule has 4 aromatic rings. The van der Waals surface area contributed by atoms with E-state index in [1.165, 1.54) is 6.39 Å². The summed E-state index contributed by atoms with van der Waals surface area (Å²) >= 11 is 0. The lowest BCUT2D eigenvalue weighted by Gasteiger charge is -1.94. The zero-order chi connectivity index (χ0) is 11.9. The summed E-state index contributed by atoms with van der Waals surface area (Å²) in [5.74, 6) is 0.510. The minimum Gasteiger partial charge on any atom is -0.443 e. The van der Waals surface area contributed by atoms with E-state index in [0.717, 1.165) is 16.7 Å². The van der Waals surface area contributed by atoms with Crippen LogP contribution in [0, 0.1) is 6.07 Å². The second kappa shape index (κ2) is 3.43. The van der Waals surface area contributed by atoms with Crippen molar-refractivity contribution < 1.29 is 8.83 Å². The van der Waals surface area contributed by atoms with E-state index in [-0.39, 0.29) is 0 Å². The lowest BCUT2D eigenvalue weighted by Crippen LogP contribution is -1.80. The van der Waals surface area contributed by atoms with Crippen LogP contribution in [0.1, 0.15) is 0 Å². The third-order valence-corrected chi connectivity index (χ3v) is 2.80. The molecule has 0 atom stereocenters. The molecular formula is C14H7N2O2. The number of rotatable bonds is 1. The third-order valence-electron chi connectivity index (χ3n) is 2.80. The van der Waals surface area contributed by atoms with Crippen LogP contribution in [-0.4, -0.2) is 9.97 Å². The van der Waals surface area contributed by atoms with Crippen LogP contribution in [0.25, 0.3) is 33.7 Å². The average Bonchev–Trinajstić information content (AvgIpc) is 3.04. The Balaban J connectivity index is 2.04. The highest BCUT2D eigenvalue weighted by molar-refractivity contribution is 5.89. The maximum absolute atomic E-state index is 5.71. The summed E-state index contributed by atoms with van der Waals surface area (Å²) in [5, 5.41) is 0. The summed E-state index contributed by atoms with van der Waals surface area (Å²) < 4.78 is 11.0. The fourth-order valence-electron chi connectivity index (χ4n) is 1.97. The second-order valence-electron chi connectivity index (χ2n) is 3.90. The fraction of sp³-hybridized carbons (Fsp3) is 0. The van der Waals surface area contributed by atoms with Crippen molar-refractivity contribution in [3.63, 3.8) is 0 Å². The molecule has 0 N–H and O–H groups in total. The summed E-state index contributed by atoms with van der Waals surface area (Å²) in [6.45, 7) is 0. The summed E-state index contributed by atoms with van der Waals surface area (Å²) in [4.78, 5) is 8.60. The normalized spacial score (nSPS) is 11.3. The monoisotopic (exact) mass is 235 g/mol. The van der Waals surface area contributed by atoms with Crippen molar-refractivity contribution in [1.82, 2.24) is 9.97 Å². The zero-order valence-electron chi connectivity index (χ0n) is 9.25. The second-order valence-corrected chi connectivity index (χ2v) is 3.90. The van der Waals surface area contributed by atoms with Crippen LogP contribution in [0.4, 0.5) is 0 Å². The average molecular weight is 235 g/mol. The number of fused-ring (bicyclic) bond motifs is 2. The summed E-state index contributed by atoms with van der Waals surface area (Å²) in [6.07, 6.45) is 1.41. The lowest BCUT2D eigenvalue weighted by atomic mass is 10.2. The highest BCUT2D eigenvalue weighted by Gasteiger charge is 2.13. The van der Waals surface area contributed by atoms with Gasteiger partial charge in [-0.1, -0.05) is 12.1 Å². The first-order valence-electron chi connectivity index (χ1n) is 5.52. The molecule has 18 heavy (non-hydrogen) atoms. The largest absolute Gasteiger partial charge is 0.443 e. The molecule has 0 spiro atoms. The van der Waals surface area contributed by atoms with Crippen LogP contribution in [0.3, 0.4) is 0 Å². The SMILES string of the molecule is [c]1ccc2ocnc2c1-c1nc2ccccc2o1. The molecule has 85 valence electrons. The smallest absolute Gasteiger partial charge is 0.230 e. The summed E-state index contributed by atoms with van der Waals surface area (Å²) in [5.41, 5.74) is 3.70. The van der Waals surface area contributed by atoms with E-state index in [9.17, 15) is 0 Å². The van der Waals surface area contributed by atoms with E-state index in [1.807, 2.05) is 30.3 Å². The van der Waals surface area contributed by atoms with E-state index in [1.54, 1.807) is 6.07 Å². The van der Waals surface area contributed by atoms with Crippen LogP contribution in [0.5, 0.6) is 0 Å². The number of benzene rings is 2. The van der Waals surface area contributed by atoms with Gasteiger partial charge in [-0.15, -0.1) is 0 Å². The molecule has 0 aliphatic rings. The minimum atomic E-state index is 0.510. The van der Waals surface area contributed by atoms with Gasteiger partial charge in [0.25, 0.3) is 0 Å². The van der Waals surface area contributed by atoms with Crippen molar-refractivity contribution in [3.8, 4) is 11.5 Å². The lowest BCUT2D eigenvalue weighted by molar-refractivity contribution is 0.602. The number of para-hydroxylation sites is 2. The molecule has 2 heterocycles. The van der Waals surface area contributed by atoms with Gasteiger partial charge in [0.05, 0.1) is 5.56 Å². The van der Waals surface area contributed by atoms with Crippen molar-refractivity contribution in [2.24, 2.45) is 0 Å². The number of nitrogens with zero attached hydrogens (tertiary/aromatic N) is 2. The molecule has 0 amide bonds. The molecule has 2 aromatic heterocycles. The Labute approximate surface area is 102 Å². The Hall–Kier alpha value is -2.62. The number of hydrogen-bond acceptors (Lipinski definition) is 4. The quantitative estimate of drug-likeness (QED) is 0.507. The molecule has 1 radical (unpaired) electrons. The Morgan fingerprint density at radius 3 is 2.94 bits per heavy atom. The van der Waals surface area contributed by atoms with Crippen molar-refractivity contribution in [2.75, 3.05) is 0 Å². The molecule has 0 aliphatic heterocycles. The fourth-order valence-corrected chi connectivity index (χ4v) is 1.97. The first-order valence-corrected chi connectivity index (χ1v) is 5.52. The first kappa shape index (κ1) is 9.41. The topological polar surface area (TPSA) is 52.1 Å². The van der Waals surface area contributed by atoms with Gasteiger partial charge >= 0.3 is 0 Å². The number of aromatic nitrogens is 2. The Kier molecular flexibility index (Phi) is 1.80. The molecule has 0 bridgehead atoms. The van der Waals surface area contributed by atoms with Gasteiger partial charge in [0, 0.05) is 0 Å². The molecule has 0 saturated carbocycles. The first-order chi connectivity index (χ1) is 8.92. The van der Waals surface area contributed by atoms with Crippen LogP contribution in [-0.2, 0) is 0 Å². The van der Waals surface area contributed by atoms with Crippen LogP contribution < -0.4 is 0 Å². The summed E-state index contributed by atoms with van der Waals surface area (Å²) in [7, 11) is 0. The van der Waals surface area contributed by atoms with Crippen molar-refractivity contribution >= 4 is 22.2 Å². The predicted molar refractivity (Wildman–Crippen MR) is 65.8 cm³/mol.